The predicted octanol–water partition coefficient (Wildman–Crippen LogP) is 0.579. The molecule has 1 aromatic carbocycles. The first kappa shape index (κ1) is 15.7. The summed E-state index contributed by atoms with van der Waals surface area (Å²) < 4.78 is 5.16. The zero-order valence-corrected chi connectivity index (χ0v) is 11.3. The van der Waals surface area contributed by atoms with Crippen molar-refractivity contribution in [2.75, 3.05) is 13.7 Å². The smallest absolute Gasteiger partial charge is 0.328 e. The molecule has 0 aliphatic carbocycles. The zero-order chi connectivity index (χ0) is 15.1. The number of carboxylic acids is 1. The van der Waals surface area contributed by atoms with Crippen molar-refractivity contribution in [2.45, 2.75) is 13.0 Å². The number of aliphatic hydroxyl groups is 1. The third-order valence-corrected chi connectivity index (χ3v) is 2.60. The van der Waals surface area contributed by atoms with Crippen LogP contribution in [0.15, 0.2) is 24.3 Å². The SMILES string of the molecule is COc1ccc(C)cc1/C=C/C(=O)N[C@@H](CO)C(=O)O. The minimum absolute atomic E-state index is 0.602. The second-order valence-electron chi connectivity index (χ2n) is 4.16. The first-order valence-electron chi connectivity index (χ1n) is 5.94. The van der Waals surface area contributed by atoms with Crippen LogP contribution in [0.25, 0.3) is 6.08 Å². The summed E-state index contributed by atoms with van der Waals surface area (Å²) in [6.45, 7) is 1.24. The molecule has 0 aliphatic rings. The van der Waals surface area contributed by atoms with Gasteiger partial charge >= 0.3 is 5.97 Å². The first-order valence-corrected chi connectivity index (χ1v) is 5.94. The van der Waals surface area contributed by atoms with E-state index in [2.05, 4.69) is 5.32 Å². The van der Waals surface area contributed by atoms with E-state index in [1.807, 2.05) is 19.1 Å². The molecule has 0 aromatic heterocycles. The van der Waals surface area contributed by atoms with E-state index < -0.39 is 24.5 Å². The van der Waals surface area contributed by atoms with Crippen molar-refractivity contribution in [3.8, 4) is 5.75 Å². The van der Waals surface area contributed by atoms with Gasteiger partial charge in [-0.3, -0.25) is 4.79 Å². The Hall–Kier alpha value is -2.34. The van der Waals surface area contributed by atoms with E-state index in [0.29, 0.717) is 11.3 Å². The van der Waals surface area contributed by atoms with Crippen molar-refractivity contribution in [3.63, 3.8) is 0 Å². The van der Waals surface area contributed by atoms with Gasteiger partial charge in [-0.05, 0) is 25.1 Å². The Balaban J connectivity index is 2.79. The molecule has 0 bridgehead atoms. The summed E-state index contributed by atoms with van der Waals surface area (Å²) in [5.41, 5.74) is 1.71. The average Bonchev–Trinajstić information content (AvgIpc) is 2.42. The molecular formula is C14H17NO5. The van der Waals surface area contributed by atoms with Crippen LogP contribution in [0, 0.1) is 6.92 Å². The maximum atomic E-state index is 11.6. The zero-order valence-electron chi connectivity index (χ0n) is 11.3. The molecule has 1 rings (SSSR count). The molecule has 1 aromatic rings. The predicted molar refractivity (Wildman–Crippen MR) is 73.4 cm³/mol. The van der Waals surface area contributed by atoms with Gasteiger partial charge in [-0.25, -0.2) is 4.79 Å². The first-order chi connectivity index (χ1) is 9.47. The lowest BCUT2D eigenvalue weighted by atomic mass is 10.1. The Morgan fingerprint density at radius 1 is 1.45 bits per heavy atom. The molecule has 0 radical (unpaired) electrons. The van der Waals surface area contributed by atoms with Crippen LogP contribution in [0.1, 0.15) is 11.1 Å². The minimum atomic E-state index is -1.31. The number of aliphatic carboxylic acids is 1. The normalized spacial score (nSPS) is 12.2. The van der Waals surface area contributed by atoms with Gasteiger partial charge in [0.1, 0.15) is 5.75 Å². The van der Waals surface area contributed by atoms with E-state index in [-0.39, 0.29) is 0 Å². The summed E-state index contributed by atoms with van der Waals surface area (Å²) in [5.74, 6) is -1.28. The standard InChI is InChI=1S/C14H17NO5/c1-9-3-5-12(20-2)10(7-9)4-6-13(17)15-11(8-16)14(18)19/h3-7,11,16H,8H2,1-2H3,(H,15,17)(H,18,19)/b6-4+/t11-/m0/s1. The van der Waals surface area contributed by atoms with Gasteiger partial charge in [-0.2, -0.15) is 0 Å². The van der Waals surface area contributed by atoms with Crippen molar-refractivity contribution in [3.05, 3.63) is 35.4 Å². The van der Waals surface area contributed by atoms with E-state index >= 15 is 0 Å². The van der Waals surface area contributed by atoms with Gasteiger partial charge in [-0.1, -0.05) is 11.6 Å². The van der Waals surface area contributed by atoms with Crippen molar-refractivity contribution in [1.82, 2.24) is 5.32 Å². The highest BCUT2D eigenvalue weighted by Gasteiger charge is 2.17. The van der Waals surface area contributed by atoms with Gasteiger partial charge in [0.2, 0.25) is 5.91 Å². The van der Waals surface area contributed by atoms with Crippen LogP contribution < -0.4 is 10.1 Å². The van der Waals surface area contributed by atoms with Crippen LogP contribution in [-0.4, -0.2) is 41.8 Å². The summed E-state index contributed by atoms with van der Waals surface area (Å²) in [6, 6.07) is 4.18. The number of carbonyl (C=O) groups is 2. The highest BCUT2D eigenvalue weighted by Crippen LogP contribution is 2.20. The van der Waals surface area contributed by atoms with Gasteiger partial charge in [0, 0.05) is 11.6 Å². The van der Waals surface area contributed by atoms with E-state index in [1.54, 1.807) is 6.07 Å². The molecule has 0 heterocycles. The molecule has 6 heteroatoms. The fourth-order valence-electron chi connectivity index (χ4n) is 1.55. The second-order valence-corrected chi connectivity index (χ2v) is 4.16. The highest BCUT2D eigenvalue weighted by molar-refractivity contribution is 5.94. The number of hydrogen-bond donors (Lipinski definition) is 3. The topological polar surface area (TPSA) is 95.9 Å². The van der Waals surface area contributed by atoms with Gasteiger partial charge in [-0.15, -0.1) is 0 Å². The molecule has 1 amide bonds. The molecule has 0 fully saturated rings. The number of nitrogens with one attached hydrogen (secondary N) is 1. The van der Waals surface area contributed by atoms with Crippen molar-refractivity contribution in [2.24, 2.45) is 0 Å². The number of benzene rings is 1. The number of aryl methyl sites for hydroxylation is 1. The molecular weight excluding hydrogens is 262 g/mol. The number of aliphatic hydroxyl groups excluding tert-OH is 1. The number of hydrogen-bond acceptors (Lipinski definition) is 4. The molecule has 108 valence electrons. The Morgan fingerprint density at radius 2 is 2.15 bits per heavy atom. The number of ether oxygens (including phenoxy) is 1. The van der Waals surface area contributed by atoms with E-state index in [1.165, 1.54) is 19.3 Å². The monoisotopic (exact) mass is 279 g/mol. The Labute approximate surface area is 116 Å². The third kappa shape index (κ3) is 4.40. The molecule has 6 nitrogen and oxygen atoms in total. The summed E-state index contributed by atoms with van der Waals surface area (Å²) >= 11 is 0. The fraction of sp³-hybridized carbons (Fsp3) is 0.286. The number of rotatable bonds is 6. The largest absolute Gasteiger partial charge is 0.496 e. The molecule has 0 saturated heterocycles. The Bertz CT molecular complexity index is 524. The number of carbonyl (C=O) groups excluding carboxylic acids is 1. The Morgan fingerprint density at radius 3 is 2.70 bits per heavy atom. The molecule has 0 saturated carbocycles. The van der Waals surface area contributed by atoms with Gasteiger partial charge in [0.05, 0.1) is 13.7 Å². The highest BCUT2D eigenvalue weighted by atomic mass is 16.5. The fourth-order valence-corrected chi connectivity index (χ4v) is 1.55. The lowest BCUT2D eigenvalue weighted by molar-refractivity contribution is -0.142. The van der Waals surface area contributed by atoms with Crippen molar-refractivity contribution in [1.29, 1.82) is 0 Å². The third-order valence-electron chi connectivity index (χ3n) is 2.60. The van der Waals surface area contributed by atoms with Crippen molar-refractivity contribution < 1.29 is 24.5 Å². The second kappa shape index (κ2) is 7.30. The van der Waals surface area contributed by atoms with Gasteiger partial charge in [0.15, 0.2) is 6.04 Å². The maximum Gasteiger partial charge on any atom is 0.328 e. The number of amides is 1. The Kier molecular flexibility index (Phi) is 5.74. The lowest BCUT2D eigenvalue weighted by Gasteiger charge is -2.09. The molecule has 3 N–H and O–H groups in total. The van der Waals surface area contributed by atoms with Crippen LogP contribution in [0.4, 0.5) is 0 Å². The van der Waals surface area contributed by atoms with E-state index in [4.69, 9.17) is 14.9 Å². The van der Waals surface area contributed by atoms with E-state index in [9.17, 15) is 9.59 Å². The molecule has 0 unspecified atom stereocenters. The summed E-state index contributed by atoms with van der Waals surface area (Å²) in [5, 5.41) is 19.7. The quantitative estimate of drug-likeness (QED) is 0.662. The molecule has 1 atom stereocenters. The molecule has 0 aliphatic heterocycles. The van der Waals surface area contributed by atoms with Crippen LogP contribution >= 0.6 is 0 Å². The average molecular weight is 279 g/mol. The van der Waals surface area contributed by atoms with Crippen molar-refractivity contribution >= 4 is 18.0 Å². The van der Waals surface area contributed by atoms with Crippen LogP contribution in [0.2, 0.25) is 0 Å². The minimum Gasteiger partial charge on any atom is -0.496 e. The van der Waals surface area contributed by atoms with Crippen LogP contribution in [0.3, 0.4) is 0 Å². The number of methoxy groups -OCH3 is 1. The molecule has 0 spiro atoms. The maximum absolute atomic E-state index is 11.6. The van der Waals surface area contributed by atoms with Gasteiger partial charge < -0.3 is 20.3 Å². The van der Waals surface area contributed by atoms with Crippen LogP contribution in [-0.2, 0) is 9.59 Å². The summed E-state index contributed by atoms with van der Waals surface area (Å²) in [6.07, 6.45) is 2.72. The van der Waals surface area contributed by atoms with Gasteiger partial charge in [0.25, 0.3) is 0 Å². The number of carboxylic acid groups (broad SMARTS) is 1. The summed E-state index contributed by atoms with van der Waals surface area (Å²) in [4.78, 5) is 22.2. The van der Waals surface area contributed by atoms with Crippen LogP contribution in [0.5, 0.6) is 5.75 Å². The summed E-state index contributed by atoms with van der Waals surface area (Å²) in [7, 11) is 1.52. The van der Waals surface area contributed by atoms with E-state index in [0.717, 1.165) is 5.56 Å². The molecule has 20 heavy (non-hydrogen) atoms. The lowest BCUT2D eigenvalue weighted by Crippen LogP contribution is -2.42.